The molecule has 1 aromatic rings. The quantitative estimate of drug-likeness (QED) is 0.859. The molecule has 0 aliphatic heterocycles. The van der Waals surface area contributed by atoms with Crippen LogP contribution in [0.2, 0.25) is 0 Å². The summed E-state index contributed by atoms with van der Waals surface area (Å²) in [4.78, 5) is 2.28. The fourth-order valence-corrected chi connectivity index (χ4v) is 2.28. The van der Waals surface area contributed by atoms with E-state index in [0.717, 1.165) is 18.5 Å². The Hall–Kier alpha value is -1.00. The first-order valence-electron chi connectivity index (χ1n) is 6.92. The summed E-state index contributed by atoms with van der Waals surface area (Å²) in [6, 6.07) is 3.58. The fraction of sp³-hybridized carbons (Fsp3) is 0.600. The Morgan fingerprint density at radius 3 is 2.53 bits per heavy atom. The van der Waals surface area contributed by atoms with Gasteiger partial charge in [-0.05, 0) is 38.7 Å². The third-order valence-corrected chi connectivity index (χ3v) is 3.71. The molecule has 0 saturated heterocycles. The molecule has 1 fully saturated rings. The lowest BCUT2D eigenvalue weighted by Crippen LogP contribution is -2.38. The highest BCUT2D eigenvalue weighted by atomic mass is 19.1. The van der Waals surface area contributed by atoms with Crippen LogP contribution < -0.4 is 5.73 Å². The van der Waals surface area contributed by atoms with E-state index in [0.29, 0.717) is 18.2 Å². The predicted molar refractivity (Wildman–Crippen MR) is 72.7 cm³/mol. The van der Waals surface area contributed by atoms with Crippen LogP contribution in [-0.4, -0.2) is 24.0 Å². The standard InChI is InChI=1S/C15H22F2N2/c1-10(2)19(8-11-3-4-11)9-15(18)13-6-5-12(16)7-14(13)17/h5-7,10-11,15H,3-4,8-9,18H2,1-2H3. The number of benzene rings is 1. The Kier molecular flexibility index (Phi) is 4.53. The lowest BCUT2D eigenvalue weighted by atomic mass is 10.1. The van der Waals surface area contributed by atoms with Crippen molar-refractivity contribution in [2.45, 2.75) is 38.8 Å². The van der Waals surface area contributed by atoms with Gasteiger partial charge in [-0.3, -0.25) is 4.90 Å². The van der Waals surface area contributed by atoms with E-state index in [9.17, 15) is 8.78 Å². The molecule has 4 heteroatoms. The van der Waals surface area contributed by atoms with Gasteiger partial charge in [0, 0.05) is 36.8 Å². The van der Waals surface area contributed by atoms with Gasteiger partial charge in [0.05, 0.1) is 0 Å². The summed E-state index contributed by atoms with van der Waals surface area (Å²) in [5.74, 6) is -0.345. The molecular weight excluding hydrogens is 246 g/mol. The van der Waals surface area contributed by atoms with E-state index in [4.69, 9.17) is 5.73 Å². The van der Waals surface area contributed by atoms with E-state index in [2.05, 4.69) is 18.7 Å². The molecule has 1 aromatic carbocycles. The van der Waals surface area contributed by atoms with E-state index in [1.165, 1.54) is 25.0 Å². The molecule has 19 heavy (non-hydrogen) atoms. The van der Waals surface area contributed by atoms with E-state index < -0.39 is 17.7 Å². The third-order valence-electron chi connectivity index (χ3n) is 3.71. The summed E-state index contributed by atoms with van der Waals surface area (Å²) in [5.41, 5.74) is 6.47. The highest BCUT2D eigenvalue weighted by Crippen LogP contribution is 2.31. The lowest BCUT2D eigenvalue weighted by molar-refractivity contribution is 0.199. The van der Waals surface area contributed by atoms with E-state index in [1.54, 1.807) is 0 Å². The van der Waals surface area contributed by atoms with Crippen molar-refractivity contribution in [3.63, 3.8) is 0 Å². The molecule has 0 spiro atoms. The van der Waals surface area contributed by atoms with Crippen molar-refractivity contribution in [1.82, 2.24) is 4.90 Å². The van der Waals surface area contributed by atoms with Crippen molar-refractivity contribution in [3.05, 3.63) is 35.4 Å². The van der Waals surface area contributed by atoms with Crippen LogP contribution in [0.5, 0.6) is 0 Å². The Balaban J connectivity index is 2.02. The summed E-state index contributed by atoms with van der Waals surface area (Å²) in [6.45, 7) is 5.87. The Labute approximate surface area is 113 Å². The molecule has 1 saturated carbocycles. The summed E-state index contributed by atoms with van der Waals surface area (Å²) in [6.07, 6.45) is 2.56. The topological polar surface area (TPSA) is 29.3 Å². The van der Waals surface area contributed by atoms with Gasteiger partial charge < -0.3 is 5.73 Å². The van der Waals surface area contributed by atoms with Crippen LogP contribution in [-0.2, 0) is 0 Å². The molecule has 106 valence electrons. The van der Waals surface area contributed by atoms with Gasteiger partial charge in [-0.15, -0.1) is 0 Å². The Morgan fingerprint density at radius 1 is 1.32 bits per heavy atom. The number of hydrogen-bond donors (Lipinski definition) is 1. The molecule has 0 bridgehead atoms. The zero-order chi connectivity index (χ0) is 14.0. The molecule has 1 aliphatic rings. The predicted octanol–water partition coefficient (Wildman–Crippen LogP) is 3.09. The molecule has 0 heterocycles. The third kappa shape index (κ3) is 3.98. The molecular formula is C15H22F2N2. The van der Waals surface area contributed by atoms with Crippen LogP contribution in [0.1, 0.15) is 38.3 Å². The van der Waals surface area contributed by atoms with Gasteiger partial charge in [0.1, 0.15) is 11.6 Å². The average Bonchev–Trinajstić information content (AvgIpc) is 3.11. The van der Waals surface area contributed by atoms with E-state index in [1.807, 2.05) is 0 Å². The number of rotatable bonds is 6. The molecule has 1 aliphatic carbocycles. The van der Waals surface area contributed by atoms with Crippen LogP contribution in [0.4, 0.5) is 8.78 Å². The van der Waals surface area contributed by atoms with Crippen molar-refractivity contribution in [3.8, 4) is 0 Å². The molecule has 0 aromatic heterocycles. The van der Waals surface area contributed by atoms with Crippen molar-refractivity contribution in [2.24, 2.45) is 11.7 Å². The van der Waals surface area contributed by atoms with Crippen LogP contribution in [0, 0.1) is 17.6 Å². The maximum absolute atomic E-state index is 13.7. The lowest BCUT2D eigenvalue weighted by Gasteiger charge is -2.29. The minimum Gasteiger partial charge on any atom is -0.323 e. The first-order valence-corrected chi connectivity index (χ1v) is 6.92. The van der Waals surface area contributed by atoms with Gasteiger partial charge in [0.25, 0.3) is 0 Å². The highest BCUT2D eigenvalue weighted by molar-refractivity contribution is 5.22. The van der Waals surface area contributed by atoms with Gasteiger partial charge in [-0.2, -0.15) is 0 Å². The maximum Gasteiger partial charge on any atom is 0.130 e. The molecule has 2 nitrogen and oxygen atoms in total. The Bertz CT molecular complexity index is 430. The monoisotopic (exact) mass is 268 g/mol. The molecule has 0 amide bonds. The van der Waals surface area contributed by atoms with Gasteiger partial charge >= 0.3 is 0 Å². The smallest absolute Gasteiger partial charge is 0.130 e. The first-order chi connectivity index (χ1) is 8.97. The van der Waals surface area contributed by atoms with Crippen LogP contribution in [0.25, 0.3) is 0 Å². The van der Waals surface area contributed by atoms with Gasteiger partial charge in [-0.25, -0.2) is 8.78 Å². The Morgan fingerprint density at radius 2 is 2.00 bits per heavy atom. The van der Waals surface area contributed by atoms with E-state index >= 15 is 0 Å². The van der Waals surface area contributed by atoms with E-state index in [-0.39, 0.29) is 0 Å². The van der Waals surface area contributed by atoms with Crippen molar-refractivity contribution < 1.29 is 8.78 Å². The van der Waals surface area contributed by atoms with Crippen LogP contribution in [0.15, 0.2) is 18.2 Å². The summed E-state index contributed by atoms with van der Waals surface area (Å²) in [7, 11) is 0. The zero-order valence-electron chi connectivity index (χ0n) is 11.6. The average molecular weight is 268 g/mol. The minimum atomic E-state index is -0.563. The van der Waals surface area contributed by atoms with Crippen molar-refractivity contribution in [2.75, 3.05) is 13.1 Å². The summed E-state index contributed by atoms with van der Waals surface area (Å²) < 4.78 is 26.6. The van der Waals surface area contributed by atoms with Gasteiger partial charge in [-0.1, -0.05) is 6.07 Å². The number of hydrogen-bond acceptors (Lipinski definition) is 2. The number of halogens is 2. The van der Waals surface area contributed by atoms with Gasteiger partial charge in [0.2, 0.25) is 0 Å². The second-order valence-electron chi connectivity index (χ2n) is 5.76. The normalized spacial score (nSPS) is 17.2. The van der Waals surface area contributed by atoms with Crippen LogP contribution in [0.3, 0.4) is 0 Å². The second-order valence-corrected chi connectivity index (χ2v) is 5.76. The van der Waals surface area contributed by atoms with Crippen LogP contribution >= 0.6 is 0 Å². The molecule has 2 rings (SSSR count). The van der Waals surface area contributed by atoms with Crippen molar-refractivity contribution in [1.29, 1.82) is 0 Å². The minimum absolute atomic E-state index is 0.384. The maximum atomic E-state index is 13.7. The molecule has 1 atom stereocenters. The molecule has 0 radical (unpaired) electrons. The zero-order valence-corrected chi connectivity index (χ0v) is 11.6. The largest absolute Gasteiger partial charge is 0.323 e. The number of nitrogens with two attached hydrogens (primary N) is 1. The summed E-state index contributed by atoms with van der Waals surface area (Å²) in [5, 5.41) is 0. The second kappa shape index (κ2) is 5.97. The van der Waals surface area contributed by atoms with Crippen molar-refractivity contribution >= 4 is 0 Å². The van der Waals surface area contributed by atoms with Gasteiger partial charge in [0.15, 0.2) is 0 Å². The highest BCUT2D eigenvalue weighted by Gasteiger charge is 2.27. The molecule has 1 unspecified atom stereocenters. The first kappa shape index (κ1) is 14.4. The fourth-order valence-electron chi connectivity index (χ4n) is 2.28. The summed E-state index contributed by atoms with van der Waals surface area (Å²) >= 11 is 0. The number of nitrogens with zero attached hydrogens (tertiary/aromatic N) is 1. The SMILES string of the molecule is CC(C)N(CC1CC1)CC(N)c1ccc(F)cc1F. The molecule has 2 N–H and O–H groups in total.